The van der Waals surface area contributed by atoms with Crippen molar-refractivity contribution in [3.8, 4) is 0 Å². The van der Waals surface area contributed by atoms with Crippen molar-refractivity contribution in [3.63, 3.8) is 0 Å². The van der Waals surface area contributed by atoms with Crippen LogP contribution in [0.15, 0.2) is 177 Å². The molecule has 0 atom stereocenters. The van der Waals surface area contributed by atoms with Crippen molar-refractivity contribution in [2.24, 2.45) is 20.0 Å². The van der Waals surface area contributed by atoms with E-state index in [0.29, 0.717) is 19.5 Å². The van der Waals surface area contributed by atoms with Crippen LogP contribution in [-0.2, 0) is 26.2 Å². The van der Waals surface area contributed by atoms with Crippen LogP contribution in [0, 0.1) is 10.4 Å². The number of thiol groups is 2. The summed E-state index contributed by atoms with van der Waals surface area (Å²) in [4.78, 5) is 19.0. The largest absolute Gasteiger partial charge is 0.618 e. The number of aromatic nitrogens is 6. The molecule has 0 saturated carbocycles. The fourth-order valence-corrected chi connectivity index (χ4v) is 11.7. The van der Waals surface area contributed by atoms with Gasteiger partial charge in [0.1, 0.15) is 0 Å². The molecule has 0 radical (unpaired) electrons. The predicted molar refractivity (Wildman–Crippen MR) is 412 cm³/mol. The van der Waals surface area contributed by atoms with E-state index in [2.05, 4.69) is 169 Å². The second-order valence-electron chi connectivity index (χ2n) is 26.2. The Morgan fingerprint density at radius 2 is 0.448 bits per heavy atom. The first-order chi connectivity index (χ1) is 47.2. The summed E-state index contributed by atoms with van der Waals surface area (Å²) in [5, 5.41) is 26.3. The smallest absolute Gasteiger partial charge is 0.248 e. The Balaban J connectivity index is 0.000000403. The number of nitrogens with zero attached hydrogens (tertiary/aromatic N) is 10. The van der Waals surface area contributed by atoms with Gasteiger partial charge in [0, 0.05) is 126 Å². The molecule has 0 saturated heterocycles. The molecule has 0 aromatic carbocycles. The zero-order valence-electron chi connectivity index (χ0n) is 61.0. The Labute approximate surface area is 595 Å². The Morgan fingerprint density at radius 3 is 0.625 bits per heavy atom. The van der Waals surface area contributed by atoms with E-state index in [1.165, 1.54) is 269 Å². The van der Waals surface area contributed by atoms with Crippen LogP contribution in [0.3, 0.4) is 0 Å². The Hall–Kier alpha value is -5.60. The van der Waals surface area contributed by atoms with Crippen molar-refractivity contribution < 1.29 is 9.46 Å². The summed E-state index contributed by atoms with van der Waals surface area (Å²) in [5.74, 6) is 0. The summed E-state index contributed by atoms with van der Waals surface area (Å²) in [6.07, 6.45) is 73.8. The summed E-state index contributed by atoms with van der Waals surface area (Å²) in [6.45, 7) is 17.5. The third-order valence-corrected chi connectivity index (χ3v) is 18.2. The molecule has 6 aromatic heterocycles. The average molecular weight is 1360 g/mol. The van der Waals surface area contributed by atoms with Crippen LogP contribution in [0.25, 0.3) is 0 Å². The van der Waals surface area contributed by atoms with Crippen LogP contribution < -0.4 is 30.9 Å². The molecular formula is C82H134N10O2S2. The van der Waals surface area contributed by atoms with Crippen molar-refractivity contribution in [1.82, 2.24) is 18.3 Å². The van der Waals surface area contributed by atoms with Gasteiger partial charge in [-0.15, -0.1) is 0 Å². The fraction of sp³-hybridized carbons (Fsp3) is 0.634. The lowest BCUT2D eigenvalue weighted by Crippen LogP contribution is -2.26. The average Bonchev–Trinajstić information content (AvgIpc) is 2.47. The lowest BCUT2D eigenvalue weighted by Gasteiger charge is -2.07. The number of unbranched alkanes of at least 4 members (excludes halogenated alkanes) is 34. The van der Waals surface area contributed by atoms with Gasteiger partial charge >= 0.3 is 0 Å². The molecule has 0 aliphatic carbocycles. The van der Waals surface area contributed by atoms with E-state index in [1.54, 1.807) is 36.4 Å². The van der Waals surface area contributed by atoms with Gasteiger partial charge in [-0.05, 0) is 112 Å². The molecular weight excluding hydrogens is 1220 g/mol. The Kier molecular flexibility index (Phi) is 54.4. The molecule has 0 spiro atoms. The molecule has 0 unspecified atom stereocenters. The highest BCUT2D eigenvalue weighted by Gasteiger charge is 2.00. The molecule has 6 rings (SSSR count). The van der Waals surface area contributed by atoms with Crippen molar-refractivity contribution in [2.75, 3.05) is 26.2 Å². The van der Waals surface area contributed by atoms with Crippen LogP contribution in [0.1, 0.15) is 285 Å². The zero-order chi connectivity index (χ0) is 68.7. The molecule has 0 aliphatic rings. The second-order valence-corrected chi connectivity index (χ2v) is 27.1. The molecule has 0 aliphatic heterocycles. The first-order valence-corrected chi connectivity index (χ1v) is 39.5. The number of aryl methyl sites for hydroxylation is 4. The first-order valence-electron chi connectivity index (χ1n) is 38.6. The van der Waals surface area contributed by atoms with E-state index in [4.69, 9.17) is 20.0 Å². The van der Waals surface area contributed by atoms with Crippen molar-refractivity contribution >= 4 is 25.3 Å². The minimum atomic E-state index is 0.424. The number of hydrogen-bond acceptors (Lipinski definition) is 8. The lowest BCUT2D eigenvalue weighted by atomic mass is 10.1. The molecule has 14 heteroatoms. The predicted octanol–water partition coefficient (Wildman–Crippen LogP) is 20.5. The minimum Gasteiger partial charge on any atom is -0.618 e. The number of hydrogen-bond donors (Lipinski definition) is 2. The van der Waals surface area contributed by atoms with Gasteiger partial charge in [0.2, 0.25) is 10.1 Å². The maximum absolute atomic E-state index is 10.5. The fourth-order valence-electron chi connectivity index (χ4n) is 11.4. The Bertz CT molecular complexity index is 2560. The van der Waals surface area contributed by atoms with E-state index in [-0.39, 0.29) is 0 Å². The monoisotopic (exact) mass is 1360 g/mol. The van der Waals surface area contributed by atoms with Crippen LogP contribution in [0.4, 0.5) is 0 Å². The van der Waals surface area contributed by atoms with E-state index >= 15 is 0 Å². The van der Waals surface area contributed by atoms with Gasteiger partial charge in [-0.3, -0.25) is 20.0 Å². The molecule has 0 N–H and O–H groups in total. The maximum atomic E-state index is 10.5. The highest BCUT2D eigenvalue weighted by atomic mass is 32.1. The quantitative estimate of drug-likeness (QED) is 0.0171. The SMILES string of the molecule is CCCCCCCCN=c1ccn(CCCCCCCCCCn2ccc(=NCCCCCCCC)cc2)cc1.CCCCCCCCN=c1ccn(CCCCCCCCCCn2ccc(=NCCCCCCCC)cc2)cc1.[O-][n+]1ccccc1S.[O-][n+]1ccccc1S. The van der Waals surface area contributed by atoms with Crippen LogP contribution >= 0.6 is 25.3 Å². The number of pyridine rings is 6. The second kappa shape index (κ2) is 61.7. The summed E-state index contributed by atoms with van der Waals surface area (Å²) in [5.41, 5.74) is 0. The minimum absolute atomic E-state index is 0.424. The molecule has 96 heavy (non-hydrogen) atoms. The van der Waals surface area contributed by atoms with E-state index in [9.17, 15) is 10.4 Å². The molecule has 0 fully saturated rings. The molecule has 6 aromatic rings. The normalized spacial score (nSPS) is 10.8. The first kappa shape index (κ1) is 84.6. The highest BCUT2D eigenvalue weighted by molar-refractivity contribution is 7.80. The summed E-state index contributed by atoms with van der Waals surface area (Å²) >= 11 is 7.70. The van der Waals surface area contributed by atoms with Gasteiger partial charge in [-0.2, -0.15) is 9.46 Å². The van der Waals surface area contributed by atoms with Crippen LogP contribution in [0.2, 0.25) is 0 Å². The summed E-state index contributed by atoms with van der Waals surface area (Å²) in [6, 6.07) is 27.5. The summed E-state index contributed by atoms with van der Waals surface area (Å²) < 4.78 is 10.7. The van der Waals surface area contributed by atoms with E-state index in [1.807, 2.05) is 0 Å². The highest BCUT2D eigenvalue weighted by Crippen LogP contribution is 2.13. The maximum Gasteiger partial charge on any atom is 0.248 e. The van der Waals surface area contributed by atoms with Crippen molar-refractivity contribution in [1.29, 1.82) is 0 Å². The molecule has 6 heterocycles. The van der Waals surface area contributed by atoms with Gasteiger partial charge in [0.05, 0.1) is 21.4 Å². The molecule has 0 bridgehead atoms. The van der Waals surface area contributed by atoms with Crippen molar-refractivity contribution in [3.05, 3.63) is 179 Å². The Morgan fingerprint density at radius 1 is 0.260 bits per heavy atom. The molecule has 12 nitrogen and oxygen atoms in total. The van der Waals surface area contributed by atoms with Gasteiger partial charge in [0.25, 0.3) is 0 Å². The standard InChI is InChI=1S/2C36H62N4.2C5H5NOS/c2*1-3-5-7-9-15-19-27-37-35-23-31-39(32-24-35)29-21-17-13-11-12-14-18-22-30-40-33-25-36(26-34-40)38-28-20-16-10-8-6-4-2;2*7-6-4-2-1-3-5(6)8/h2*23-26,31-34H,3-22,27-30H2,1-2H3;2*1-4,8H. The van der Waals surface area contributed by atoms with Crippen LogP contribution in [-0.4, -0.2) is 44.4 Å². The van der Waals surface area contributed by atoms with Gasteiger partial charge in [-0.1, -0.05) is 258 Å². The van der Waals surface area contributed by atoms with Gasteiger partial charge in [-0.25, -0.2) is 0 Å². The van der Waals surface area contributed by atoms with E-state index < -0.39 is 0 Å². The lowest BCUT2D eigenvalue weighted by molar-refractivity contribution is -0.645. The summed E-state index contributed by atoms with van der Waals surface area (Å²) in [7, 11) is 0. The van der Waals surface area contributed by atoms with Gasteiger partial charge < -0.3 is 28.7 Å². The zero-order valence-corrected chi connectivity index (χ0v) is 62.8. The topological polar surface area (TPSA) is 123 Å². The van der Waals surface area contributed by atoms with Crippen molar-refractivity contribution in [2.45, 2.75) is 321 Å². The molecule has 0 amide bonds. The van der Waals surface area contributed by atoms with E-state index in [0.717, 1.165) is 73.8 Å². The van der Waals surface area contributed by atoms with Gasteiger partial charge in [0.15, 0.2) is 12.4 Å². The number of rotatable bonds is 50. The van der Waals surface area contributed by atoms with Crippen LogP contribution in [0.5, 0.6) is 0 Å². The third-order valence-electron chi connectivity index (χ3n) is 17.5. The third kappa shape index (κ3) is 48.2. The molecule has 536 valence electrons.